The summed E-state index contributed by atoms with van der Waals surface area (Å²) < 4.78 is 10.6. The Balaban J connectivity index is 3.24. The van der Waals surface area contributed by atoms with Crippen LogP contribution in [0.2, 0.25) is 0 Å². The largest absolute Gasteiger partial charge is 0.493 e. The molecular formula is C16H24O4. The van der Waals surface area contributed by atoms with E-state index in [-0.39, 0.29) is 6.61 Å². The highest BCUT2D eigenvalue weighted by Crippen LogP contribution is 2.43. The molecule has 0 heterocycles. The monoisotopic (exact) mass is 280 g/mol. The van der Waals surface area contributed by atoms with E-state index >= 15 is 0 Å². The van der Waals surface area contributed by atoms with Crippen LogP contribution in [0.4, 0.5) is 0 Å². The van der Waals surface area contributed by atoms with Gasteiger partial charge in [-0.1, -0.05) is 18.2 Å². The summed E-state index contributed by atoms with van der Waals surface area (Å²) in [6.45, 7) is 9.36. The van der Waals surface area contributed by atoms with Gasteiger partial charge in [-0.05, 0) is 40.7 Å². The Bertz CT molecular complexity index is 463. The van der Waals surface area contributed by atoms with Crippen LogP contribution in [0.15, 0.2) is 24.3 Å². The average Bonchev–Trinajstić information content (AvgIpc) is 2.39. The molecule has 0 aliphatic carbocycles. The number of para-hydroxylation sites is 1. The number of aliphatic hydroxyl groups is 1. The average molecular weight is 280 g/mol. The predicted molar refractivity (Wildman–Crippen MR) is 77.6 cm³/mol. The number of esters is 1. The fourth-order valence-corrected chi connectivity index (χ4v) is 2.00. The highest BCUT2D eigenvalue weighted by molar-refractivity contribution is 5.78. The lowest BCUT2D eigenvalue weighted by Gasteiger charge is -2.38. The summed E-state index contributed by atoms with van der Waals surface area (Å²) in [6.07, 6.45) is 0. The van der Waals surface area contributed by atoms with E-state index in [9.17, 15) is 9.90 Å². The maximum absolute atomic E-state index is 12.1. The number of hydrogen-bond donors (Lipinski definition) is 1. The standard InChI is InChI=1S/C16H24O4/c1-6-19-13-11-9-8-10-12(13)16(5,18)15(3,4)14(17)20-7-2/h8-11,18H,6-7H2,1-5H3. The van der Waals surface area contributed by atoms with Crippen LogP contribution in [0.5, 0.6) is 5.75 Å². The van der Waals surface area contributed by atoms with E-state index in [1.54, 1.807) is 39.8 Å². The summed E-state index contributed by atoms with van der Waals surface area (Å²) in [7, 11) is 0. The first-order valence-electron chi connectivity index (χ1n) is 6.90. The first-order chi connectivity index (χ1) is 9.29. The molecule has 112 valence electrons. The van der Waals surface area contributed by atoms with Crippen LogP contribution in [0.1, 0.15) is 40.2 Å². The molecule has 0 saturated heterocycles. The highest BCUT2D eigenvalue weighted by Gasteiger charge is 2.49. The smallest absolute Gasteiger partial charge is 0.314 e. The van der Waals surface area contributed by atoms with E-state index in [0.717, 1.165) is 0 Å². The summed E-state index contributed by atoms with van der Waals surface area (Å²) in [4.78, 5) is 12.1. The molecule has 0 aliphatic rings. The molecule has 0 aromatic heterocycles. The molecule has 0 radical (unpaired) electrons. The van der Waals surface area contributed by atoms with Crippen molar-refractivity contribution in [3.63, 3.8) is 0 Å². The Kier molecular flexibility index (Phi) is 5.17. The predicted octanol–water partition coefficient (Wildman–Crippen LogP) is 2.88. The van der Waals surface area contributed by atoms with E-state index in [1.165, 1.54) is 0 Å². The van der Waals surface area contributed by atoms with E-state index in [4.69, 9.17) is 9.47 Å². The van der Waals surface area contributed by atoms with Crippen molar-refractivity contribution < 1.29 is 19.4 Å². The van der Waals surface area contributed by atoms with Gasteiger partial charge in [0, 0.05) is 5.56 Å². The van der Waals surface area contributed by atoms with Crippen molar-refractivity contribution in [1.82, 2.24) is 0 Å². The molecule has 1 rings (SSSR count). The van der Waals surface area contributed by atoms with Crippen LogP contribution in [0, 0.1) is 5.41 Å². The maximum Gasteiger partial charge on any atom is 0.314 e. The topological polar surface area (TPSA) is 55.8 Å². The van der Waals surface area contributed by atoms with Crippen molar-refractivity contribution in [2.75, 3.05) is 13.2 Å². The van der Waals surface area contributed by atoms with E-state index in [0.29, 0.717) is 17.9 Å². The van der Waals surface area contributed by atoms with Gasteiger partial charge in [-0.15, -0.1) is 0 Å². The summed E-state index contributed by atoms with van der Waals surface area (Å²) in [5.41, 5.74) is -1.90. The van der Waals surface area contributed by atoms with Gasteiger partial charge in [-0.3, -0.25) is 4.79 Å². The third-order valence-corrected chi connectivity index (χ3v) is 3.71. The number of hydrogen-bond acceptors (Lipinski definition) is 4. The van der Waals surface area contributed by atoms with Crippen LogP contribution in [0.25, 0.3) is 0 Å². The van der Waals surface area contributed by atoms with Gasteiger partial charge in [-0.2, -0.15) is 0 Å². The zero-order chi connectivity index (χ0) is 15.4. The van der Waals surface area contributed by atoms with Crippen LogP contribution >= 0.6 is 0 Å². The third-order valence-electron chi connectivity index (χ3n) is 3.71. The lowest BCUT2D eigenvalue weighted by Crippen LogP contribution is -2.46. The Morgan fingerprint density at radius 3 is 2.30 bits per heavy atom. The van der Waals surface area contributed by atoms with Crippen LogP contribution < -0.4 is 4.74 Å². The zero-order valence-corrected chi connectivity index (χ0v) is 12.9. The van der Waals surface area contributed by atoms with Gasteiger partial charge in [-0.25, -0.2) is 0 Å². The van der Waals surface area contributed by atoms with Crippen molar-refractivity contribution in [1.29, 1.82) is 0 Å². The minimum atomic E-state index is -1.40. The van der Waals surface area contributed by atoms with Crippen molar-refractivity contribution in [2.24, 2.45) is 5.41 Å². The van der Waals surface area contributed by atoms with Crippen LogP contribution in [-0.2, 0) is 15.1 Å². The minimum absolute atomic E-state index is 0.283. The van der Waals surface area contributed by atoms with Gasteiger partial charge < -0.3 is 14.6 Å². The Labute approximate surface area is 120 Å². The first-order valence-corrected chi connectivity index (χ1v) is 6.90. The number of carbonyl (C=O) groups excluding carboxylic acids is 1. The highest BCUT2D eigenvalue weighted by atomic mass is 16.5. The number of ether oxygens (including phenoxy) is 2. The van der Waals surface area contributed by atoms with Crippen molar-refractivity contribution in [2.45, 2.75) is 40.2 Å². The maximum atomic E-state index is 12.1. The molecule has 1 N–H and O–H groups in total. The van der Waals surface area contributed by atoms with Crippen LogP contribution in [-0.4, -0.2) is 24.3 Å². The molecule has 0 aliphatic heterocycles. The summed E-state index contributed by atoms with van der Waals surface area (Å²) in [5.74, 6) is 0.147. The SMILES string of the molecule is CCOC(=O)C(C)(C)C(C)(O)c1ccccc1OCC. The van der Waals surface area contributed by atoms with E-state index in [2.05, 4.69) is 0 Å². The van der Waals surface area contributed by atoms with Gasteiger partial charge >= 0.3 is 5.97 Å². The van der Waals surface area contributed by atoms with Crippen molar-refractivity contribution in [3.8, 4) is 5.75 Å². The summed E-state index contributed by atoms with van der Waals surface area (Å²) in [5, 5.41) is 10.9. The molecule has 0 saturated carbocycles. The second kappa shape index (κ2) is 6.27. The zero-order valence-electron chi connectivity index (χ0n) is 12.9. The second-order valence-electron chi connectivity index (χ2n) is 5.35. The summed E-state index contributed by atoms with van der Waals surface area (Å²) in [6, 6.07) is 7.20. The summed E-state index contributed by atoms with van der Waals surface area (Å²) >= 11 is 0. The molecule has 1 atom stereocenters. The number of benzene rings is 1. The molecule has 20 heavy (non-hydrogen) atoms. The first kappa shape index (κ1) is 16.5. The quantitative estimate of drug-likeness (QED) is 0.814. The fourth-order valence-electron chi connectivity index (χ4n) is 2.00. The van der Waals surface area contributed by atoms with Gasteiger partial charge in [0.1, 0.15) is 11.4 Å². The molecule has 0 fully saturated rings. The number of rotatable bonds is 6. The van der Waals surface area contributed by atoms with Gasteiger partial charge in [0.25, 0.3) is 0 Å². The second-order valence-corrected chi connectivity index (χ2v) is 5.35. The lowest BCUT2D eigenvalue weighted by molar-refractivity contribution is -0.170. The van der Waals surface area contributed by atoms with Gasteiger partial charge in [0.05, 0.1) is 18.6 Å². The molecule has 0 bridgehead atoms. The van der Waals surface area contributed by atoms with E-state index in [1.807, 2.05) is 19.1 Å². The molecule has 1 unspecified atom stereocenters. The van der Waals surface area contributed by atoms with E-state index < -0.39 is 17.0 Å². The Hall–Kier alpha value is -1.55. The van der Waals surface area contributed by atoms with Crippen molar-refractivity contribution in [3.05, 3.63) is 29.8 Å². The molecule has 1 aromatic rings. The molecular weight excluding hydrogens is 256 g/mol. The van der Waals surface area contributed by atoms with Crippen LogP contribution in [0.3, 0.4) is 0 Å². The van der Waals surface area contributed by atoms with Crippen molar-refractivity contribution >= 4 is 5.97 Å². The molecule has 4 nitrogen and oxygen atoms in total. The molecule has 0 spiro atoms. The normalized spacial score (nSPS) is 14.5. The third kappa shape index (κ3) is 2.96. The molecule has 0 amide bonds. The minimum Gasteiger partial charge on any atom is -0.493 e. The molecule has 1 aromatic carbocycles. The Morgan fingerprint density at radius 2 is 1.75 bits per heavy atom. The van der Waals surface area contributed by atoms with Gasteiger partial charge in [0.2, 0.25) is 0 Å². The fraction of sp³-hybridized carbons (Fsp3) is 0.562. The number of carbonyl (C=O) groups is 1. The van der Waals surface area contributed by atoms with Gasteiger partial charge in [0.15, 0.2) is 0 Å². The lowest BCUT2D eigenvalue weighted by atomic mass is 9.71. The molecule has 4 heteroatoms. The Morgan fingerprint density at radius 1 is 1.15 bits per heavy atom.